The summed E-state index contributed by atoms with van der Waals surface area (Å²) in [6, 6.07) is 13.2. The number of benzene rings is 1. The second kappa shape index (κ2) is 3.77. The predicted octanol–water partition coefficient (Wildman–Crippen LogP) is 2.75. The lowest BCUT2D eigenvalue weighted by molar-refractivity contribution is 0.780. The molecule has 1 rings (SSSR count). The summed E-state index contributed by atoms with van der Waals surface area (Å²) in [6.45, 7) is 5.37. The topological polar surface area (TPSA) is 47.6 Å². The standard InChI is InChI=1S/C12H10N2/c1-10(12(2,8-13)9-14)11-6-4-3-5-7-11/h3-7H,1H2,2H3. The van der Waals surface area contributed by atoms with Gasteiger partial charge in [0.25, 0.3) is 0 Å². The molecule has 0 atom stereocenters. The Bertz CT molecular complexity index is 404. The molecule has 0 bridgehead atoms. The van der Waals surface area contributed by atoms with Crippen LogP contribution in [0.15, 0.2) is 36.9 Å². The lowest BCUT2D eigenvalue weighted by Gasteiger charge is -2.15. The van der Waals surface area contributed by atoms with Crippen molar-refractivity contribution in [2.24, 2.45) is 5.41 Å². The van der Waals surface area contributed by atoms with Crippen LogP contribution in [0.3, 0.4) is 0 Å². The van der Waals surface area contributed by atoms with Crippen LogP contribution in [0.2, 0.25) is 0 Å². The highest BCUT2D eigenvalue weighted by Crippen LogP contribution is 2.31. The summed E-state index contributed by atoms with van der Waals surface area (Å²) in [6.07, 6.45) is 0. The van der Waals surface area contributed by atoms with Crippen LogP contribution in [-0.4, -0.2) is 0 Å². The molecule has 0 aromatic heterocycles. The van der Waals surface area contributed by atoms with Gasteiger partial charge in [0.15, 0.2) is 5.41 Å². The van der Waals surface area contributed by atoms with Crippen LogP contribution in [0.1, 0.15) is 12.5 Å². The maximum Gasteiger partial charge on any atom is 0.165 e. The maximum atomic E-state index is 8.88. The van der Waals surface area contributed by atoms with Crippen LogP contribution in [-0.2, 0) is 0 Å². The van der Waals surface area contributed by atoms with E-state index in [9.17, 15) is 0 Å². The molecule has 14 heavy (non-hydrogen) atoms. The highest BCUT2D eigenvalue weighted by molar-refractivity contribution is 5.73. The highest BCUT2D eigenvalue weighted by atomic mass is 14.4. The van der Waals surface area contributed by atoms with Crippen LogP contribution < -0.4 is 0 Å². The summed E-state index contributed by atoms with van der Waals surface area (Å²) in [5.41, 5.74) is 0.239. The fourth-order valence-electron chi connectivity index (χ4n) is 1.09. The van der Waals surface area contributed by atoms with Crippen molar-refractivity contribution in [1.29, 1.82) is 10.5 Å². The van der Waals surface area contributed by atoms with Gasteiger partial charge < -0.3 is 0 Å². The van der Waals surface area contributed by atoms with Crippen molar-refractivity contribution in [3.63, 3.8) is 0 Å². The molecule has 0 saturated carbocycles. The first-order chi connectivity index (χ1) is 6.64. The van der Waals surface area contributed by atoms with Gasteiger partial charge in [-0.05, 0) is 18.1 Å². The van der Waals surface area contributed by atoms with Crippen molar-refractivity contribution in [1.82, 2.24) is 0 Å². The minimum absolute atomic E-state index is 0.545. The Labute approximate surface area is 83.7 Å². The lowest BCUT2D eigenvalue weighted by Crippen LogP contribution is -2.12. The zero-order valence-electron chi connectivity index (χ0n) is 7.99. The fraction of sp³-hybridized carbons (Fsp3) is 0.167. The van der Waals surface area contributed by atoms with Gasteiger partial charge in [0.2, 0.25) is 0 Å². The van der Waals surface area contributed by atoms with E-state index in [2.05, 4.69) is 6.58 Å². The summed E-state index contributed by atoms with van der Waals surface area (Å²) >= 11 is 0. The average molecular weight is 182 g/mol. The van der Waals surface area contributed by atoms with Crippen molar-refractivity contribution in [2.75, 3.05) is 0 Å². The Kier molecular flexibility index (Phi) is 2.70. The second-order valence-electron chi connectivity index (χ2n) is 3.19. The molecule has 0 aliphatic carbocycles. The largest absolute Gasteiger partial charge is 0.196 e. The van der Waals surface area contributed by atoms with Crippen LogP contribution in [0, 0.1) is 28.1 Å². The summed E-state index contributed by atoms with van der Waals surface area (Å²) < 4.78 is 0. The molecule has 1 aromatic carbocycles. The molecule has 0 fully saturated rings. The van der Waals surface area contributed by atoms with Gasteiger partial charge in [-0.15, -0.1) is 0 Å². The normalized spacial score (nSPS) is 9.93. The Morgan fingerprint density at radius 1 is 1.21 bits per heavy atom. The molecule has 0 aliphatic rings. The van der Waals surface area contributed by atoms with E-state index in [1.54, 1.807) is 6.92 Å². The number of rotatable bonds is 2. The highest BCUT2D eigenvalue weighted by Gasteiger charge is 2.27. The van der Waals surface area contributed by atoms with Gasteiger partial charge in [-0.2, -0.15) is 10.5 Å². The number of hydrogen-bond donors (Lipinski definition) is 0. The van der Waals surface area contributed by atoms with Crippen molar-refractivity contribution in [2.45, 2.75) is 6.92 Å². The zero-order valence-corrected chi connectivity index (χ0v) is 7.99. The molecule has 2 nitrogen and oxygen atoms in total. The number of hydrogen-bond acceptors (Lipinski definition) is 2. The molecule has 0 amide bonds. The van der Waals surface area contributed by atoms with Crippen LogP contribution in [0.4, 0.5) is 0 Å². The Hall–Kier alpha value is -2.06. The quantitative estimate of drug-likeness (QED) is 0.706. The van der Waals surface area contributed by atoms with Crippen LogP contribution in [0.25, 0.3) is 5.57 Å². The third kappa shape index (κ3) is 1.65. The molecule has 0 aliphatic heterocycles. The summed E-state index contributed by atoms with van der Waals surface area (Å²) in [5, 5.41) is 17.8. The lowest BCUT2D eigenvalue weighted by atomic mass is 9.82. The predicted molar refractivity (Wildman–Crippen MR) is 54.8 cm³/mol. The monoisotopic (exact) mass is 182 g/mol. The minimum Gasteiger partial charge on any atom is -0.196 e. The fourth-order valence-corrected chi connectivity index (χ4v) is 1.09. The Morgan fingerprint density at radius 3 is 2.14 bits per heavy atom. The molecule has 1 aromatic rings. The van der Waals surface area contributed by atoms with E-state index in [-0.39, 0.29) is 0 Å². The number of allylic oxidation sites excluding steroid dienone is 1. The van der Waals surface area contributed by atoms with E-state index in [0.29, 0.717) is 5.57 Å². The summed E-state index contributed by atoms with van der Waals surface area (Å²) in [5.74, 6) is 0. The third-order valence-electron chi connectivity index (χ3n) is 2.17. The van der Waals surface area contributed by atoms with E-state index in [0.717, 1.165) is 5.56 Å². The Morgan fingerprint density at radius 2 is 1.71 bits per heavy atom. The molecule has 68 valence electrons. The van der Waals surface area contributed by atoms with E-state index in [1.807, 2.05) is 42.5 Å². The molecule has 0 unspecified atom stereocenters. The van der Waals surface area contributed by atoms with Crippen LogP contribution >= 0.6 is 0 Å². The van der Waals surface area contributed by atoms with Gasteiger partial charge in [-0.25, -0.2) is 0 Å². The van der Waals surface area contributed by atoms with Gasteiger partial charge in [0, 0.05) is 0 Å². The van der Waals surface area contributed by atoms with Crippen molar-refractivity contribution in [3.05, 3.63) is 42.5 Å². The van der Waals surface area contributed by atoms with Crippen molar-refractivity contribution < 1.29 is 0 Å². The molecule has 2 heteroatoms. The molecular weight excluding hydrogens is 172 g/mol. The van der Waals surface area contributed by atoms with Gasteiger partial charge in [0.1, 0.15) is 0 Å². The van der Waals surface area contributed by atoms with Gasteiger partial charge >= 0.3 is 0 Å². The Balaban J connectivity index is 3.11. The SMILES string of the molecule is C=C(c1ccccc1)C(C)(C#N)C#N. The number of nitriles is 2. The number of nitrogens with zero attached hydrogens (tertiary/aromatic N) is 2. The summed E-state index contributed by atoms with van der Waals surface area (Å²) in [7, 11) is 0. The van der Waals surface area contributed by atoms with Gasteiger partial charge in [-0.1, -0.05) is 36.9 Å². The minimum atomic E-state index is -1.14. The molecular formula is C12H10N2. The first kappa shape index (κ1) is 10.0. The van der Waals surface area contributed by atoms with Gasteiger partial charge in [-0.3, -0.25) is 0 Å². The molecule has 0 radical (unpaired) electrons. The first-order valence-electron chi connectivity index (χ1n) is 4.21. The van der Waals surface area contributed by atoms with E-state index in [1.165, 1.54) is 0 Å². The average Bonchev–Trinajstić information content (AvgIpc) is 2.28. The van der Waals surface area contributed by atoms with E-state index >= 15 is 0 Å². The van der Waals surface area contributed by atoms with Crippen LogP contribution in [0.5, 0.6) is 0 Å². The molecule has 0 N–H and O–H groups in total. The van der Waals surface area contributed by atoms with E-state index in [4.69, 9.17) is 10.5 Å². The van der Waals surface area contributed by atoms with Gasteiger partial charge in [0.05, 0.1) is 12.1 Å². The van der Waals surface area contributed by atoms with Crippen molar-refractivity contribution in [3.8, 4) is 12.1 Å². The molecule has 0 saturated heterocycles. The van der Waals surface area contributed by atoms with E-state index < -0.39 is 5.41 Å². The zero-order chi connectivity index (χ0) is 10.6. The second-order valence-corrected chi connectivity index (χ2v) is 3.19. The first-order valence-corrected chi connectivity index (χ1v) is 4.21. The van der Waals surface area contributed by atoms with Crippen molar-refractivity contribution >= 4 is 5.57 Å². The smallest absolute Gasteiger partial charge is 0.165 e. The maximum absolute atomic E-state index is 8.88. The molecule has 0 heterocycles. The third-order valence-corrected chi connectivity index (χ3v) is 2.17. The molecule has 0 spiro atoms. The summed E-state index contributed by atoms with van der Waals surface area (Å²) in [4.78, 5) is 0.